The van der Waals surface area contributed by atoms with Crippen LogP contribution in [0.4, 0.5) is 4.39 Å². The van der Waals surface area contributed by atoms with Crippen molar-refractivity contribution in [3.63, 3.8) is 0 Å². The highest BCUT2D eigenvalue weighted by atomic mass is 35.5. The van der Waals surface area contributed by atoms with E-state index in [9.17, 15) is 4.39 Å². The molecule has 7 heteroatoms. The van der Waals surface area contributed by atoms with E-state index in [1.165, 1.54) is 6.07 Å². The lowest BCUT2D eigenvalue weighted by Crippen LogP contribution is -2.37. The Morgan fingerprint density at radius 2 is 2.07 bits per heavy atom. The van der Waals surface area contributed by atoms with Gasteiger partial charge in [-0.25, -0.2) is 9.37 Å². The number of aliphatic imine (C=N–C) groups is 1. The average molecular weight is 386 g/mol. The molecule has 2 N–H and O–H groups in total. The number of rotatable bonds is 6. The minimum Gasteiger partial charge on any atom is -0.356 e. The molecule has 1 heterocycles. The summed E-state index contributed by atoms with van der Waals surface area (Å²) in [4.78, 5) is 8.14. The molecule has 0 aliphatic rings. The third-order valence-corrected chi connectivity index (χ3v) is 4.31. The molecule has 0 bridgehead atoms. The summed E-state index contributed by atoms with van der Waals surface area (Å²) in [5, 5.41) is 7.17. The summed E-state index contributed by atoms with van der Waals surface area (Å²) >= 11 is 6.00. The van der Waals surface area contributed by atoms with Crippen LogP contribution in [0.15, 0.2) is 66.2 Å². The number of halogens is 2. The van der Waals surface area contributed by atoms with Crippen LogP contribution in [0.1, 0.15) is 11.1 Å². The Hall–Kier alpha value is -2.86. The van der Waals surface area contributed by atoms with Gasteiger partial charge < -0.3 is 15.2 Å². The molecule has 0 atom stereocenters. The van der Waals surface area contributed by atoms with E-state index in [0.29, 0.717) is 24.7 Å². The Morgan fingerprint density at radius 1 is 1.19 bits per heavy atom. The minimum atomic E-state index is -0.295. The molecule has 0 saturated heterocycles. The monoisotopic (exact) mass is 385 g/mol. The van der Waals surface area contributed by atoms with Crippen LogP contribution in [0.25, 0.3) is 5.69 Å². The number of aromatic nitrogens is 2. The highest BCUT2D eigenvalue weighted by molar-refractivity contribution is 6.30. The SMILES string of the molecule is CN=C(NCCc1cccc(Cl)c1)NCc1ccc(-n2ccnc2)c(F)c1. The summed E-state index contributed by atoms with van der Waals surface area (Å²) in [5.41, 5.74) is 2.46. The Kier molecular flexibility index (Phi) is 6.44. The van der Waals surface area contributed by atoms with E-state index < -0.39 is 0 Å². The minimum absolute atomic E-state index is 0.295. The molecule has 0 aliphatic heterocycles. The molecule has 0 saturated carbocycles. The Morgan fingerprint density at radius 3 is 2.78 bits per heavy atom. The van der Waals surface area contributed by atoms with Crippen molar-refractivity contribution < 1.29 is 4.39 Å². The maximum atomic E-state index is 14.3. The molecule has 5 nitrogen and oxygen atoms in total. The molecule has 3 aromatic rings. The molecule has 0 spiro atoms. The van der Waals surface area contributed by atoms with Gasteiger partial charge in [-0.3, -0.25) is 4.99 Å². The molecule has 0 aliphatic carbocycles. The second kappa shape index (κ2) is 9.19. The van der Waals surface area contributed by atoms with E-state index in [0.717, 1.165) is 22.6 Å². The van der Waals surface area contributed by atoms with Crippen molar-refractivity contribution in [2.75, 3.05) is 13.6 Å². The molecule has 0 radical (unpaired) electrons. The number of guanidine groups is 1. The maximum absolute atomic E-state index is 14.3. The molecule has 27 heavy (non-hydrogen) atoms. The van der Waals surface area contributed by atoms with Gasteiger partial charge in [-0.15, -0.1) is 0 Å². The molecule has 3 rings (SSSR count). The van der Waals surface area contributed by atoms with Crippen LogP contribution < -0.4 is 10.6 Å². The number of benzene rings is 2. The largest absolute Gasteiger partial charge is 0.356 e. The van der Waals surface area contributed by atoms with Crippen molar-refractivity contribution in [3.8, 4) is 5.69 Å². The third kappa shape index (κ3) is 5.31. The van der Waals surface area contributed by atoms with Crippen LogP contribution >= 0.6 is 11.6 Å². The number of hydrogen-bond acceptors (Lipinski definition) is 2. The van der Waals surface area contributed by atoms with Crippen LogP contribution in [0.3, 0.4) is 0 Å². The van der Waals surface area contributed by atoms with Gasteiger partial charge in [0.05, 0.1) is 12.0 Å². The molecule has 0 fully saturated rings. The van der Waals surface area contributed by atoms with Crippen LogP contribution in [0, 0.1) is 5.82 Å². The highest BCUT2D eigenvalue weighted by Crippen LogP contribution is 2.15. The van der Waals surface area contributed by atoms with Gasteiger partial charge >= 0.3 is 0 Å². The first kappa shape index (κ1) is 18.9. The van der Waals surface area contributed by atoms with Gasteiger partial charge in [-0.05, 0) is 41.8 Å². The predicted molar refractivity (Wildman–Crippen MR) is 107 cm³/mol. The number of imidazole rings is 1. The summed E-state index contributed by atoms with van der Waals surface area (Å²) < 4.78 is 16.0. The van der Waals surface area contributed by atoms with Crippen molar-refractivity contribution in [1.82, 2.24) is 20.2 Å². The van der Waals surface area contributed by atoms with Crippen molar-refractivity contribution in [2.45, 2.75) is 13.0 Å². The molecular formula is C20H21ClFN5. The zero-order chi connectivity index (χ0) is 19.1. The van der Waals surface area contributed by atoms with Crippen LogP contribution in [-0.4, -0.2) is 29.1 Å². The summed E-state index contributed by atoms with van der Waals surface area (Å²) in [6.45, 7) is 1.19. The molecule has 2 aromatic carbocycles. The normalized spacial score (nSPS) is 11.4. The Balaban J connectivity index is 1.51. The average Bonchev–Trinajstić information content (AvgIpc) is 3.19. The van der Waals surface area contributed by atoms with Crippen molar-refractivity contribution >= 4 is 17.6 Å². The fourth-order valence-electron chi connectivity index (χ4n) is 2.70. The van der Waals surface area contributed by atoms with Gasteiger partial charge in [-0.1, -0.05) is 29.8 Å². The molecular weight excluding hydrogens is 365 g/mol. The zero-order valence-electron chi connectivity index (χ0n) is 15.0. The number of nitrogens with zero attached hydrogens (tertiary/aromatic N) is 3. The second-order valence-electron chi connectivity index (χ2n) is 5.99. The van der Waals surface area contributed by atoms with E-state index in [4.69, 9.17) is 11.6 Å². The fourth-order valence-corrected chi connectivity index (χ4v) is 2.91. The van der Waals surface area contributed by atoms with Gasteiger partial charge in [0, 0.05) is 37.6 Å². The molecule has 0 unspecified atom stereocenters. The van der Waals surface area contributed by atoms with Gasteiger partial charge in [0.15, 0.2) is 5.96 Å². The van der Waals surface area contributed by atoms with Crippen molar-refractivity contribution in [1.29, 1.82) is 0 Å². The van der Waals surface area contributed by atoms with E-state index in [1.54, 1.807) is 36.4 Å². The molecule has 0 amide bonds. The molecule has 1 aromatic heterocycles. The van der Waals surface area contributed by atoms with Crippen LogP contribution in [-0.2, 0) is 13.0 Å². The fraction of sp³-hybridized carbons (Fsp3) is 0.200. The highest BCUT2D eigenvalue weighted by Gasteiger charge is 2.06. The van der Waals surface area contributed by atoms with E-state index in [-0.39, 0.29) is 5.82 Å². The lowest BCUT2D eigenvalue weighted by molar-refractivity contribution is 0.615. The second-order valence-corrected chi connectivity index (χ2v) is 6.42. The summed E-state index contributed by atoms with van der Waals surface area (Å²) in [5.74, 6) is 0.368. The van der Waals surface area contributed by atoms with Crippen LogP contribution in [0.2, 0.25) is 5.02 Å². The summed E-state index contributed by atoms with van der Waals surface area (Å²) in [7, 11) is 1.71. The Bertz CT molecular complexity index is 908. The standard InChI is InChI=1S/C20H21ClFN5/c1-23-20(25-8-7-15-3-2-4-17(21)11-15)26-13-16-5-6-19(18(22)12-16)27-10-9-24-14-27/h2-6,9-12,14H,7-8,13H2,1H3,(H2,23,25,26). The van der Waals surface area contributed by atoms with E-state index in [1.807, 2.05) is 30.3 Å². The first-order valence-electron chi connectivity index (χ1n) is 8.61. The van der Waals surface area contributed by atoms with Gasteiger partial charge in [-0.2, -0.15) is 0 Å². The lowest BCUT2D eigenvalue weighted by atomic mass is 10.1. The smallest absolute Gasteiger partial charge is 0.191 e. The van der Waals surface area contributed by atoms with E-state index in [2.05, 4.69) is 20.6 Å². The lowest BCUT2D eigenvalue weighted by Gasteiger charge is -2.13. The van der Waals surface area contributed by atoms with E-state index >= 15 is 0 Å². The first-order valence-corrected chi connectivity index (χ1v) is 8.99. The topological polar surface area (TPSA) is 54.2 Å². The third-order valence-electron chi connectivity index (χ3n) is 4.07. The Labute approximate surface area is 162 Å². The van der Waals surface area contributed by atoms with Crippen molar-refractivity contribution in [3.05, 3.63) is 83.2 Å². The summed E-state index contributed by atoms with van der Waals surface area (Å²) in [6.07, 6.45) is 5.73. The number of nitrogens with one attached hydrogen (secondary N) is 2. The predicted octanol–water partition coefficient (Wildman–Crippen LogP) is 3.57. The molecule has 140 valence electrons. The summed E-state index contributed by atoms with van der Waals surface area (Å²) in [6, 6.07) is 12.9. The van der Waals surface area contributed by atoms with Crippen LogP contribution in [0.5, 0.6) is 0 Å². The quantitative estimate of drug-likeness (QED) is 0.503. The first-order chi connectivity index (χ1) is 13.2. The van der Waals surface area contributed by atoms with Gasteiger partial charge in [0.25, 0.3) is 0 Å². The zero-order valence-corrected chi connectivity index (χ0v) is 15.7. The van der Waals surface area contributed by atoms with Crippen molar-refractivity contribution in [2.24, 2.45) is 4.99 Å². The number of hydrogen-bond donors (Lipinski definition) is 2. The van der Waals surface area contributed by atoms with Gasteiger partial charge in [0.1, 0.15) is 5.82 Å². The van der Waals surface area contributed by atoms with Gasteiger partial charge in [0.2, 0.25) is 0 Å². The maximum Gasteiger partial charge on any atom is 0.191 e.